The van der Waals surface area contributed by atoms with Crippen molar-refractivity contribution in [3.8, 4) is 11.5 Å². The molecule has 6 heteroatoms. The highest BCUT2D eigenvalue weighted by Crippen LogP contribution is 2.59. The summed E-state index contributed by atoms with van der Waals surface area (Å²) in [6, 6.07) is 12.6. The fourth-order valence-corrected chi connectivity index (χ4v) is 7.79. The van der Waals surface area contributed by atoms with Crippen LogP contribution in [0, 0.1) is 5.92 Å². The van der Waals surface area contributed by atoms with Crippen molar-refractivity contribution in [2.45, 2.75) is 54.8 Å². The van der Waals surface area contributed by atoms with E-state index in [2.05, 4.69) is 19.2 Å². The molecule has 0 aromatic heterocycles. The smallest absolute Gasteiger partial charge is 0.183 e. The van der Waals surface area contributed by atoms with Crippen molar-refractivity contribution in [3.05, 3.63) is 53.6 Å². The summed E-state index contributed by atoms with van der Waals surface area (Å²) in [6.07, 6.45) is 2.54. The molecule has 0 saturated heterocycles. The number of fused-ring (bicyclic) bond motifs is 2. The summed E-state index contributed by atoms with van der Waals surface area (Å²) in [7, 11) is -2.12. The number of hydrogen-bond donors (Lipinski definition) is 2. The first-order valence-corrected chi connectivity index (χ1v) is 11.4. The summed E-state index contributed by atoms with van der Waals surface area (Å²) < 4.78 is 32.6. The van der Waals surface area contributed by atoms with Crippen molar-refractivity contribution < 1.29 is 18.3 Å². The molecule has 2 unspecified atom stereocenters. The molecule has 28 heavy (non-hydrogen) atoms. The van der Waals surface area contributed by atoms with Crippen LogP contribution < -0.4 is 10.1 Å². The lowest BCUT2D eigenvalue weighted by Crippen LogP contribution is -2.38. The molecular formula is C22H27NO4S. The minimum absolute atomic E-state index is 0.0797. The summed E-state index contributed by atoms with van der Waals surface area (Å²) in [4.78, 5) is 0.214. The van der Waals surface area contributed by atoms with Crippen LogP contribution in [0.1, 0.15) is 50.3 Å². The third-order valence-electron chi connectivity index (χ3n) is 6.42. The summed E-state index contributed by atoms with van der Waals surface area (Å²) in [6.45, 7) is 4.15. The fraction of sp³-hybridized carbons (Fsp3) is 0.455. The maximum absolute atomic E-state index is 13.7. The number of methoxy groups -OCH3 is 1. The van der Waals surface area contributed by atoms with Gasteiger partial charge in [0.2, 0.25) is 0 Å². The van der Waals surface area contributed by atoms with Gasteiger partial charge in [0.25, 0.3) is 0 Å². The van der Waals surface area contributed by atoms with Crippen molar-refractivity contribution in [2.24, 2.45) is 5.92 Å². The molecule has 1 heterocycles. The normalized spacial score (nSPS) is 30.0. The van der Waals surface area contributed by atoms with E-state index in [1.54, 1.807) is 6.07 Å². The molecule has 2 aliphatic rings. The Kier molecular flexibility index (Phi) is 4.67. The number of ether oxygens (including phenoxy) is 1. The van der Waals surface area contributed by atoms with E-state index in [9.17, 15) is 13.5 Å². The average Bonchev–Trinajstić information content (AvgIpc) is 3.36. The van der Waals surface area contributed by atoms with Gasteiger partial charge < -0.3 is 9.84 Å². The minimum Gasteiger partial charge on any atom is -0.504 e. The predicted octanol–water partition coefficient (Wildman–Crippen LogP) is 3.81. The van der Waals surface area contributed by atoms with Crippen LogP contribution in [0.4, 0.5) is 0 Å². The Morgan fingerprint density at radius 2 is 1.89 bits per heavy atom. The number of benzene rings is 2. The zero-order valence-corrected chi connectivity index (χ0v) is 17.3. The van der Waals surface area contributed by atoms with Gasteiger partial charge in [0.1, 0.15) is 0 Å². The summed E-state index contributed by atoms with van der Waals surface area (Å²) in [5.41, 5.74) is 1.19. The largest absolute Gasteiger partial charge is 0.504 e. The van der Waals surface area contributed by atoms with Crippen LogP contribution in [-0.2, 0) is 9.84 Å². The number of phenols is 1. The number of hydrogen-bond acceptors (Lipinski definition) is 5. The molecule has 4 rings (SSSR count). The average molecular weight is 402 g/mol. The van der Waals surface area contributed by atoms with Gasteiger partial charge in [-0.15, -0.1) is 0 Å². The molecule has 4 atom stereocenters. The Morgan fingerprint density at radius 1 is 1.18 bits per heavy atom. The van der Waals surface area contributed by atoms with Crippen LogP contribution in [0.25, 0.3) is 0 Å². The van der Waals surface area contributed by atoms with Crippen LogP contribution in [0.5, 0.6) is 11.5 Å². The highest BCUT2D eigenvalue weighted by Gasteiger charge is 2.70. The number of aromatic hydroxyl groups is 1. The first-order valence-electron chi connectivity index (χ1n) is 9.88. The van der Waals surface area contributed by atoms with Crippen LogP contribution in [0.2, 0.25) is 0 Å². The van der Waals surface area contributed by atoms with Gasteiger partial charge in [0.05, 0.1) is 23.3 Å². The first kappa shape index (κ1) is 19.3. The maximum Gasteiger partial charge on any atom is 0.183 e. The highest BCUT2D eigenvalue weighted by molar-refractivity contribution is 7.92. The van der Waals surface area contributed by atoms with Crippen LogP contribution in [-0.4, -0.2) is 31.4 Å². The lowest BCUT2D eigenvalue weighted by molar-refractivity contribution is 0.368. The molecule has 0 radical (unpaired) electrons. The molecule has 2 N–H and O–H groups in total. The van der Waals surface area contributed by atoms with Gasteiger partial charge in [-0.2, -0.15) is 0 Å². The Hall–Kier alpha value is -2.05. The lowest BCUT2D eigenvalue weighted by Gasteiger charge is -2.27. The molecule has 1 aliphatic carbocycles. The molecule has 2 aromatic carbocycles. The van der Waals surface area contributed by atoms with Crippen molar-refractivity contribution in [1.82, 2.24) is 5.32 Å². The summed E-state index contributed by atoms with van der Waals surface area (Å²) in [5.74, 6) is 0.215. The number of rotatable bonds is 5. The Balaban J connectivity index is 1.97. The van der Waals surface area contributed by atoms with E-state index < -0.39 is 20.6 Å². The van der Waals surface area contributed by atoms with Crippen LogP contribution in [0.3, 0.4) is 0 Å². The second-order valence-corrected chi connectivity index (χ2v) is 9.84. The van der Waals surface area contributed by atoms with Crippen LogP contribution >= 0.6 is 0 Å². The second kappa shape index (κ2) is 6.78. The molecule has 1 fully saturated rings. The van der Waals surface area contributed by atoms with Gasteiger partial charge >= 0.3 is 0 Å². The maximum atomic E-state index is 13.7. The molecule has 1 saturated carbocycles. The Morgan fingerprint density at radius 3 is 2.50 bits per heavy atom. The minimum atomic E-state index is -3.59. The number of phenolic OH excluding ortho intramolecular Hbond substituents is 1. The molecule has 0 amide bonds. The zero-order valence-electron chi connectivity index (χ0n) is 16.5. The topological polar surface area (TPSA) is 75.6 Å². The van der Waals surface area contributed by atoms with E-state index in [0.717, 1.165) is 24.8 Å². The lowest BCUT2D eigenvalue weighted by atomic mass is 9.95. The third kappa shape index (κ3) is 2.65. The van der Waals surface area contributed by atoms with Gasteiger partial charge in [-0.3, -0.25) is 5.32 Å². The summed E-state index contributed by atoms with van der Waals surface area (Å²) >= 11 is 0. The standard InChI is InChI=1S/C22H27NO4S/c1-4-9-16-21-22(16,5-2)23-20(14-10-7-6-8-11-14)15-12-18(27-3)17(24)13-19(15)28(21,25)26/h6-8,10-13,16,20-21,23-24H,4-5,9H2,1-3H3/t16?,20-,21?,22-/m1/s1. The fourth-order valence-electron chi connectivity index (χ4n) is 5.04. The van der Waals surface area contributed by atoms with E-state index in [0.29, 0.717) is 5.56 Å². The molecule has 0 bridgehead atoms. The zero-order chi connectivity index (χ0) is 20.1. The molecule has 1 aliphatic heterocycles. The highest BCUT2D eigenvalue weighted by atomic mass is 32.2. The SMILES string of the molecule is CCCC1C2[C@]1(CC)N[C@H](c1ccccc1)c1cc(OC)c(O)cc1S2(=O)=O. The van der Waals surface area contributed by atoms with Gasteiger partial charge in [0, 0.05) is 11.6 Å². The van der Waals surface area contributed by atoms with E-state index in [-0.39, 0.29) is 28.4 Å². The summed E-state index contributed by atoms with van der Waals surface area (Å²) in [5, 5.41) is 13.6. The van der Waals surface area contributed by atoms with Gasteiger partial charge in [-0.05, 0) is 36.0 Å². The number of nitrogens with one attached hydrogen (secondary N) is 1. The van der Waals surface area contributed by atoms with Crippen molar-refractivity contribution in [3.63, 3.8) is 0 Å². The van der Waals surface area contributed by atoms with E-state index in [1.165, 1.54) is 13.2 Å². The monoisotopic (exact) mass is 401 g/mol. The van der Waals surface area contributed by atoms with Crippen molar-refractivity contribution in [2.75, 3.05) is 7.11 Å². The number of sulfone groups is 1. The predicted molar refractivity (Wildman–Crippen MR) is 108 cm³/mol. The van der Waals surface area contributed by atoms with Crippen LogP contribution in [0.15, 0.2) is 47.4 Å². The van der Waals surface area contributed by atoms with E-state index in [1.807, 2.05) is 30.3 Å². The van der Waals surface area contributed by atoms with Gasteiger partial charge in [-0.1, -0.05) is 50.6 Å². The van der Waals surface area contributed by atoms with E-state index >= 15 is 0 Å². The van der Waals surface area contributed by atoms with E-state index in [4.69, 9.17) is 4.74 Å². The molecule has 5 nitrogen and oxygen atoms in total. The quantitative estimate of drug-likeness (QED) is 0.797. The molecular weight excluding hydrogens is 374 g/mol. The van der Waals surface area contributed by atoms with Crippen molar-refractivity contribution >= 4 is 9.84 Å². The second-order valence-electron chi connectivity index (χ2n) is 7.80. The molecule has 2 aromatic rings. The Bertz CT molecular complexity index is 989. The first-order chi connectivity index (χ1) is 13.4. The van der Waals surface area contributed by atoms with Crippen molar-refractivity contribution in [1.29, 1.82) is 0 Å². The van der Waals surface area contributed by atoms with Gasteiger partial charge in [0.15, 0.2) is 21.3 Å². The Labute approximate surface area is 166 Å². The van der Waals surface area contributed by atoms with Gasteiger partial charge in [-0.25, -0.2) is 8.42 Å². The molecule has 150 valence electrons. The molecule has 0 spiro atoms. The third-order valence-corrected chi connectivity index (χ3v) is 8.80.